The Kier molecular flexibility index (Phi) is 6.58. The molecule has 0 radical (unpaired) electrons. The summed E-state index contributed by atoms with van der Waals surface area (Å²) in [6.45, 7) is -0.372. The molecule has 24 heavy (non-hydrogen) atoms. The summed E-state index contributed by atoms with van der Waals surface area (Å²) in [7, 11) is 1.54. The average molecular weight is 410 g/mol. The Morgan fingerprint density at radius 2 is 1.96 bits per heavy atom. The highest BCUT2D eigenvalue weighted by Gasteiger charge is 2.11. The summed E-state index contributed by atoms with van der Waals surface area (Å²) >= 11 is 9.28. The fourth-order valence-corrected chi connectivity index (χ4v) is 2.56. The maximum Gasteiger partial charge on any atom is 0.331 e. The summed E-state index contributed by atoms with van der Waals surface area (Å²) in [5, 5.41) is 0.327. The van der Waals surface area contributed by atoms with Gasteiger partial charge in [-0.1, -0.05) is 39.7 Å². The van der Waals surface area contributed by atoms with Gasteiger partial charge in [0.15, 0.2) is 6.61 Å². The summed E-state index contributed by atoms with van der Waals surface area (Å²) in [5.74, 6) is -0.366. The van der Waals surface area contributed by atoms with Gasteiger partial charge >= 0.3 is 5.97 Å². The van der Waals surface area contributed by atoms with Gasteiger partial charge in [-0.15, -0.1) is 0 Å². The average Bonchev–Trinajstić information content (AvgIpc) is 2.58. The molecule has 124 valence electrons. The van der Waals surface area contributed by atoms with E-state index in [4.69, 9.17) is 21.1 Å². The van der Waals surface area contributed by atoms with Crippen LogP contribution in [0.2, 0.25) is 5.02 Å². The first-order valence-corrected chi connectivity index (χ1v) is 8.14. The van der Waals surface area contributed by atoms with Crippen molar-refractivity contribution >= 4 is 45.4 Å². The Balaban J connectivity index is 1.98. The van der Waals surface area contributed by atoms with Crippen molar-refractivity contribution in [2.75, 3.05) is 13.7 Å². The molecule has 0 atom stereocenters. The molecule has 0 amide bonds. The first kappa shape index (κ1) is 18.2. The maximum absolute atomic E-state index is 12.0. The minimum absolute atomic E-state index is 0.324. The lowest BCUT2D eigenvalue weighted by Crippen LogP contribution is -2.12. The summed E-state index contributed by atoms with van der Waals surface area (Å²) in [5.41, 5.74) is 1.03. The molecule has 0 fully saturated rings. The van der Waals surface area contributed by atoms with Gasteiger partial charge in [-0.3, -0.25) is 4.79 Å². The standard InChI is InChI=1S/C18H14BrClO4/c1-23-17-8-7-13(19)10-12(17)6-9-18(22)24-11-16(21)14-4-2-3-5-15(14)20/h2-10H,11H2,1H3/b9-6+. The molecular weight excluding hydrogens is 396 g/mol. The van der Waals surface area contributed by atoms with Crippen molar-refractivity contribution in [3.05, 3.63) is 69.2 Å². The predicted molar refractivity (Wildman–Crippen MR) is 96.5 cm³/mol. The second-order valence-electron chi connectivity index (χ2n) is 4.73. The molecule has 0 spiro atoms. The third-order valence-corrected chi connectivity index (χ3v) is 3.93. The number of carbonyl (C=O) groups excluding carboxylic acids is 2. The van der Waals surface area contributed by atoms with Crippen molar-refractivity contribution in [2.45, 2.75) is 0 Å². The molecule has 0 aliphatic rings. The van der Waals surface area contributed by atoms with Crippen LogP contribution in [-0.4, -0.2) is 25.5 Å². The number of halogens is 2. The summed E-state index contributed by atoms with van der Waals surface area (Å²) in [6.07, 6.45) is 2.80. The highest BCUT2D eigenvalue weighted by Crippen LogP contribution is 2.24. The fraction of sp³-hybridized carbons (Fsp3) is 0.111. The molecule has 2 aromatic rings. The Labute approximate surface area is 153 Å². The summed E-state index contributed by atoms with van der Waals surface area (Å²) in [4.78, 5) is 23.8. The number of ketones is 1. The maximum atomic E-state index is 12.0. The first-order chi connectivity index (χ1) is 11.5. The molecule has 0 saturated heterocycles. The van der Waals surface area contributed by atoms with Crippen molar-refractivity contribution in [1.29, 1.82) is 0 Å². The van der Waals surface area contributed by atoms with E-state index in [2.05, 4.69) is 15.9 Å². The number of hydrogen-bond donors (Lipinski definition) is 0. The number of esters is 1. The largest absolute Gasteiger partial charge is 0.496 e. The Bertz CT molecular complexity index is 786. The zero-order chi connectivity index (χ0) is 17.5. The van der Waals surface area contributed by atoms with Crippen LogP contribution in [0.25, 0.3) is 6.08 Å². The van der Waals surface area contributed by atoms with Crippen molar-refractivity contribution in [1.82, 2.24) is 0 Å². The van der Waals surface area contributed by atoms with Crippen molar-refractivity contribution in [2.24, 2.45) is 0 Å². The lowest BCUT2D eigenvalue weighted by molar-refractivity contribution is -0.136. The molecule has 0 aromatic heterocycles. The van der Waals surface area contributed by atoms with Gasteiger partial charge in [0, 0.05) is 21.7 Å². The van der Waals surface area contributed by atoms with Gasteiger partial charge in [-0.05, 0) is 36.4 Å². The highest BCUT2D eigenvalue weighted by atomic mass is 79.9. The number of methoxy groups -OCH3 is 1. The Morgan fingerprint density at radius 3 is 2.67 bits per heavy atom. The lowest BCUT2D eigenvalue weighted by Gasteiger charge is -2.05. The van der Waals surface area contributed by atoms with Gasteiger partial charge in [0.25, 0.3) is 0 Å². The summed E-state index contributed by atoms with van der Waals surface area (Å²) < 4.78 is 11.0. The van der Waals surface area contributed by atoms with E-state index in [9.17, 15) is 9.59 Å². The van der Waals surface area contributed by atoms with E-state index < -0.39 is 5.97 Å². The van der Waals surface area contributed by atoms with Crippen LogP contribution in [0.4, 0.5) is 0 Å². The monoisotopic (exact) mass is 408 g/mol. The topological polar surface area (TPSA) is 52.6 Å². The molecule has 0 N–H and O–H groups in total. The molecule has 6 heteroatoms. The number of rotatable bonds is 6. The fourth-order valence-electron chi connectivity index (χ4n) is 1.94. The molecular formula is C18H14BrClO4. The number of ether oxygens (including phenoxy) is 2. The van der Waals surface area contributed by atoms with Gasteiger partial charge in [0.1, 0.15) is 5.75 Å². The third-order valence-electron chi connectivity index (χ3n) is 3.11. The van der Waals surface area contributed by atoms with E-state index in [0.29, 0.717) is 21.9 Å². The molecule has 2 aromatic carbocycles. The van der Waals surface area contributed by atoms with E-state index in [1.54, 1.807) is 49.6 Å². The minimum atomic E-state index is -0.627. The van der Waals surface area contributed by atoms with Crippen LogP contribution in [0, 0.1) is 0 Å². The van der Waals surface area contributed by atoms with Crippen LogP contribution in [-0.2, 0) is 9.53 Å². The second kappa shape index (κ2) is 8.66. The number of hydrogen-bond acceptors (Lipinski definition) is 4. The molecule has 4 nitrogen and oxygen atoms in total. The van der Waals surface area contributed by atoms with Crippen LogP contribution in [0.3, 0.4) is 0 Å². The van der Waals surface area contributed by atoms with Crippen LogP contribution < -0.4 is 4.74 Å². The minimum Gasteiger partial charge on any atom is -0.496 e. The van der Waals surface area contributed by atoms with E-state index >= 15 is 0 Å². The van der Waals surface area contributed by atoms with Gasteiger partial charge in [-0.2, -0.15) is 0 Å². The quantitative estimate of drug-likeness (QED) is 0.399. The van der Waals surface area contributed by atoms with Gasteiger partial charge in [0.05, 0.1) is 12.1 Å². The number of benzene rings is 2. The van der Waals surface area contributed by atoms with Crippen LogP contribution >= 0.6 is 27.5 Å². The normalized spacial score (nSPS) is 10.6. The van der Waals surface area contributed by atoms with Crippen LogP contribution in [0.1, 0.15) is 15.9 Å². The smallest absolute Gasteiger partial charge is 0.331 e. The van der Waals surface area contributed by atoms with Crippen molar-refractivity contribution in [3.63, 3.8) is 0 Å². The second-order valence-corrected chi connectivity index (χ2v) is 6.05. The van der Waals surface area contributed by atoms with Gasteiger partial charge < -0.3 is 9.47 Å². The molecule has 0 aliphatic carbocycles. The van der Waals surface area contributed by atoms with E-state index in [1.165, 1.54) is 6.08 Å². The SMILES string of the molecule is COc1ccc(Br)cc1/C=C/C(=O)OCC(=O)c1ccccc1Cl. The first-order valence-electron chi connectivity index (χ1n) is 6.97. The number of carbonyl (C=O) groups is 2. The summed E-state index contributed by atoms with van der Waals surface area (Å²) in [6, 6.07) is 12.0. The highest BCUT2D eigenvalue weighted by molar-refractivity contribution is 9.10. The van der Waals surface area contributed by atoms with Gasteiger partial charge in [-0.25, -0.2) is 4.79 Å². The van der Waals surface area contributed by atoms with E-state index in [0.717, 1.165) is 4.47 Å². The zero-order valence-corrected chi connectivity index (χ0v) is 15.1. The van der Waals surface area contributed by atoms with Crippen LogP contribution in [0.5, 0.6) is 5.75 Å². The van der Waals surface area contributed by atoms with E-state index in [-0.39, 0.29) is 12.4 Å². The number of Topliss-reactive ketones (excluding diaryl/α,β-unsaturated/α-hetero) is 1. The van der Waals surface area contributed by atoms with E-state index in [1.807, 2.05) is 6.07 Å². The van der Waals surface area contributed by atoms with Crippen molar-refractivity contribution in [3.8, 4) is 5.75 Å². The van der Waals surface area contributed by atoms with Crippen molar-refractivity contribution < 1.29 is 19.1 Å². The molecule has 0 bridgehead atoms. The third kappa shape index (κ3) is 4.94. The molecule has 0 unspecified atom stereocenters. The van der Waals surface area contributed by atoms with Crippen LogP contribution in [0.15, 0.2) is 53.0 Å². The zero-order valence-electron chi connectivity index (χ0n) is 12.8. The Morgan fingerprint density at radius 1 is 1.21 bits per heavy atom. The van der Waals surface area contributed by atoms with Gasteiger partial charge in [0.2, 0.25) is 5.78 Å². The Hall–Kier alpha value is -2.11. The molecule has 0 aliphatic heterocycles. The lowest BCUT2D eigenvalue weighted by atomic mass is 10.1. The predicted octanol–water partition coefficient (Wildman–Crippen LogP) is 4.55. The molecule has 2 rings (SSSR count). The molecule has 0 saturated carbocycles. The molecule has 0 heterocycles.